The van der Waals surface area contributed by atoms with E-state index in [1.54, 1.807) is 12.1 Å². The number of thioether (sulfide) groups is 1. The van der Waals surface area contributed by atoms with Crippen LogP contribution in [-0.2, 0) is 6.42 Å². The summed E-state index contributed by atoms with van der Waals surface area (Å²) in [5.41, 5.74) is 7.00. The molecule has 3 unspecified atom stereocenters. The lowest BCUT2D eigenvalue weighted by Crippen LogP contribution is -2.58. The van der Waals surface area contributed by atoms with Crippen molar-refractivity contribution in [3.8, 4) is 0 Å². The van der Waals surface area contributed by atoms with Gasteiger partial charge in [0, 0.05) is 35.7 Å². The third-order valence-electron chi connectivity index (χ3n) is 4.10. The van der Waals surface area contributed by atoms with Gasteiger partial charge in [-0.15, -0.1) is 0 Å². The van der Waals surface area contributed by atoms with E-state index in [-0.39, 0.29) is 11.4 Å². The summed E-state index contributed by atoms with van der Waals surface area (Å²) in [4.78, 5) is 2.49. The molecule has 0 aromatic heterocycles. The van der Waals surface area contributed by atoms with Crippen LogP contribution in [0.2, 0.25) is 0 Å². The Balaban J connectivity index is 2.15. The topological polar surface area (TPSA) is 29.3 Å². The van der Waals surface area contributed by atoms with Crippen LogP contribution < -0.4 is 5.73 Å². The predicted octanol–water partition coefficient (Wildman–Crippen LogP) is 2.91. The molecule has 1 aliphatic rings. The molecule has 2 rings (SSSR count). The largest absolute Gasteiger partial charge is 0.329 e. The van der Waals surface area contributed by atoms with Gasteiger partial charge in [0.1, 0.15) is 5.82 Å². The van der Waals surface area contributed by atoms with Gasteiger partial charge in [-0.25, -0.2) is 4.39 Å². The Morgan fingerprint density at radius 1 is 1.35 bits per heavy atom. The molecule has 0 bridgehead atoms. The summed E-state index contributed by atoms with van der Waals surface area (Å²) in [5, 5.41) is 1.24. The van der Waals surface area contributed by atoms with Crippen molar-refractivity contribution >= 4 is 11.8 Å². The minimum absolute atomic E-state index is 0.0999. The average molecular weight is 296 g/mol. The van der Waals surface area contributed by atoms with E-state index in [1.165, 1.54) is 6.07 Å². The third-order valence-corrected chi connectivity index (χ3v) is 5.32. The van der Waals surface area contributed by atoms with Crippen LogP contribution in [0.4, 0.5) is 4.39 Å². The van der Waals surface area contributed by atoms with Crippen molar-refractivity contribution in [3.63, 3.8) is 0 Å². The smallest absolute Gasteiger partial charge is 0.123 e. The first kappa shape index (κ1) is 15.8. The first-order valence-electron chi connectivity index (χ1n) is 7.28. The number of nitrogens with two attached hydrogens (primary N) is 1. The van der Waals surface area contributed by atoms with E-state index in [1.807, 2.05) is 17.8 Å². The highest BCUT2D eigenvalue weighted by molar-refractivity contribution is 8.00. The molecule has 0 aliphatic carbocycles. The molecule has 0 radical (unpaired) electrons. The molecule has 20 heavy (non-hydrogen) atoms. The van der Waals surface area contributed by atoms with E-state index >= 15 is 0 Å². The first-order chi connectivity index (χ1) is 9.43. The number of halogens is 1. The fourth-order valence-corrected chi connectivity index (χ4v) is 4.34. The van der Waals surface area contributed by atoms with Crippen LogP contribution in [0.25, 0.3) is 0 Å². The summed E-state index contributed by atoms with van der Waals surface area (Å²) in [5.74, 6) is -0.169. The SMILES string of the molecule is CC1CN(C(C)(CN)Cc2cccc(F)c2)CC(C)S1. The lowest BCUT2D eigenvalue weighted by atomic mass is 9.90. The molecular formula is C16H25FN2S. The number of nitrogens with zero attached hydrogens (tertiary/aromatic N) is 1. The first-order valence-corrected chi connectivity index (χ1v) is 8.22. The Kier molecular flexibility index (Phi) is 5.10. The molecule has 1 fully saturated rings. The second-order valence-corrected chi connectivity index (χ2v) is 8.05. The maximum Gasteiger partial charge on any atom is 0.123 e. The van der Waals surface area contributed by atoms with Gasteiger partial charge in [-0.2, -0.15) is 11.8 Å². The fourth-order valence-electron chi connectivity index (χ4n) is 3.02. The van der Waals surface area contributed by atoms with E-state index in [0.717, 1.165) is 25.1 Å². The molecule has 1 heterocycles. The lowest BCUT2D eigenvalue weighted by molar-refractivity contribution is 0.108. The molecule has 2 N–H and O–H groups in total. The number of benzene rings is 1. The van der Waals surface area contributed by atoms with Crippen LogP contribution in [0, 0.1) is 5.82 Å². The summed E-state index contributed by atoms with van der Waals surface area (Å²) in [6, 6.07) is 6.88. The van der Waals surface area contributed by atoms with Crippen LogP contribution in [0.5, 0.6) is 0 Å². The van der Waals surface area contributed by atoms with Crippen molar-refractivity contribution < 1.29 is 4.39 Å². The van der Waals surface area contributed by atoms with Crippen molar-refractivity contribution in [1.29, 1.82) is 0 Å². The zero-order valence-corrected chi connectivity index (χ0v) is 13.4. The quantitative estimate of drug-likeness (QED) is 0.926. The van der Waals surface area contributed by atoms with E-state index in [2.05, 4.69) is 25.7 Å². The summed E-state index contributed by atoms with van der Waals surface area (Å²) >= 11 is 2.04. The molecule has 1 aromatic carbocycles. The minimum Gasteiger partial charge on any atom is -0.329 e. The van der Waals surface area contributed by atoms with E-state index in [4.69, 9.17) is 5.73 Å². The Bertz CT molecular complexity index is 444. The average Bonchev–Trinajstić information content (AvgIpc) is 2.37. The molecule has 0 saturated carbocycles. The summed E-state index contributed by atoms with van der Waals surface area (Å²) < 4.78 is 13.4. The van der Waals surface area contributed by atoms with Gasteiger partial charge in [-0.05, 0) is 31.0 Å². The van der Waals surface area contributed by atoms with Gasteiger partial charge in [0.2, 0.25) is 0 Å². The van der Waals surface area contributed by atoms with Crippen molar-refractivity contribution in [3.05, 3.63) is 35.6 Å². The Morgan fingerprint density at radius 2 is 2.00 bits per heavy atom. The lowest BCUT2D eigenvalue weighted by Gasteiger charge is -2.46. The van der Waals surface area contributed by atoms with Crippen LogP contribution in [0.15, 0.2) is 24.3 Å². The van der Waals surface area contributed by atoms with Gasteiger partial charge in [0.15, 0.2) is 0 Å². The van der Waals surface area contributed by atoms with Crippen molar-refractivity contribution in [2.24, 2.45) is 5.73 Å². The molecule has 1 saturated heterocycles. The molecular weight excluding hydrogens is 271 g/mol. The third kappa shape index (κ3) is 3.74. The Morgan fingerprint density at radius 3 is 2.55 bits per heavy atom. The summed E-state index contributed by atoms with van der Waals surface area (Å²) in [6.07, 6.45) is 0.797. The Labute approximate surface area is 125 Å². The standard InChI is InChI=1S/C16H25FN2S/c1-12-9-19(10-13(2)20-12)16(3,11-18)8-14-5-4-6-15(17)7-14/h4-7,12-13H,8-11,18H2,1-3H3. The molecule has 1 aliphatic heterocycles. The highest BCUT2D eigenvalue weighted by atomic mass is 32.2. The molecule has 1 aromatic rings. The van der Waals surface area contributed by atoms with Gasteiger partial charge in [0.05, 0.1) is 0 Å². The minimum atomic E-state index is -0.169. The van der Waals surface area contributed by atoms with Gasteiger partial charge in [0.25, 0.3) is 0 Å². The zero-order valence-electron chi connectivity index (χ0n) is 12.6. The van der Waals surface area contributed by atoms with Crippen LogP contribution in [-0.4, -0.2) is 40.6 Å². The maximum atomic E-state index is 13.4. The van der Waals surface area contributed by atoms with Crippen molar-refractivity contribution in [1.82, 2.24) is 4.90 Å². The van der Waals surface area contributed by atoms with Crippen LogP contribution in [0.3, 0.4) is 0 Å². The van der Waals surface area contributed by atoms with Gasteiger partial charge in [-0.1, -0.05) is 26.0 Å². The monoisotopic (exact) mass is 296 g/mol. The normalized spacial score (nSPS) is 27.2. The highest BCUT2D eigenvalue weighted by Gasteiger charge is 2.35. The molecule has 2 nitrogen and oxygen atoms in total. The molecule has 0 spiro atoms. The maximum absolute atomic E-state index is 13.4. The van der Waals surface area contributed by atoms with Crippen LogP contribution >= 0.6 is 11.8 Å². The highest BCUT2D eigenvalue weighted by Crippen LogP contribution is 2.31. The number of hydrogen-bond acceptors (Lipinski definition) is 3. The summed E-state index contributed by atoms with van der Waals surface area (Å²) in [6.45, 7) is 9.44. The molecule has 3 atom stereocenters. The fraction of sp³-hybridized carbons (Fsp3) is 0.625. The Hall–Kier alpha value is -0.580. The van der Waals surface area contributed by atoms with Gasteiger partial charge >= 0.3 is 0 Å². The van der Waals surface area contributed by atoms with E-state index < -0.39 is 0 Å². The zero-order chi connectivity index (χ0) is 14.8. The second kappa shape index (κ2) is 6.46. The van der Waals surface area contributed by atoms with Gasteiger partial charge < -0.3 is 5.73 Å². The van der Waals surface area contributed by atoms with Crippen molar-refractivity contribution in [2.45, 2.75) is 43.2 Å². The second-order valence-electron chi connectivity index (χ2n) is 6.17. The van der Waals surface area contributed by atoms with Crippen LogP contribution in [0.1, 0.15) is 26.3 Å². The molecule has 112 valence electrons. The summed E-state index contributed by atoms with van der Waals surface area (Å²) in [7, 11) is 0. The van der Waals surface area contributed by atoms with E-state index in [0.29, 0.717) is 17.0 Å². The predicted molar refractivity (Wildman–Crippen MR) is 85.7 cm³/mol. The van der Waals surface area contributed by atoms with Crippen molar-refractivity contribution in [2.75, 3.05) is 19.6 Å². The number of hydrogen-bond donors (Lipinski definition) is 1. The van der Waals surface area contributed by atoms with E-state index in [9.17, 15) is 4.39 Å². The van der Waals surface area contributed by atoms with Gasteiger partial charge in [-0.3, -0.25) is 4.90 Å². The molecule has 4 heteroatoms. The number of rotatable bonds is 4. The molecule has 0 amide bonds.